The van der Waals surface area contributed by atoms with Crippen molar-refractivity contribution in [3.63, 3.8) is 0 Å². The van der Waals surface area contributed by atoms with E-state index in [1.54, 1.807) is 13.8 Å². The first-order chi connectivity index (χ1) is 22.4. The molecule has 5 rings (SSSR count). The first-order valence-electron chi connectivity index (χ1n) is 14.2. The second kappa shape index (κ2) is 12.4. The number of sulfone groups is 1. The van der Waals surface area contributed by atoms with E-state index in [0.717, 1.165) is 4.90 Å². The highest BCUT2D eigenvalue weighted by Crippen LogP contribution is 2.51. The number of carbonyl (C=O) groups is 6. The van der Waals surface area contributed by atoms with Gasteiger partial charge < -0.3 is 39.2 Å². The number of hydrogen-bond acceptors (Lipinski definition) is 15. The monoisotopic (exact) mass is 710 g/mol. The van der Waals surface area contributed by atoms with Gasteiger partial charge in [-0.2, -0.15) is 0 Å². The maximum Gasteiger partial charge on any atom is 0.514 e. The lowest BCUT2D eigenvalue weighted by Gasteiger charge is -2.44. The SMILES string of the molecule is CC1(C)S[C@@H]2[C@H](NC(=O)C(N=[N+]=[N-])c3ccc(O)cc3)C(=O)N2[C@H]1C(=O)OCOC(=O)OCOC(=O)[C@@H]1N2C(=O)C[C@H]2S(=O)(=O)C1(C)C. The molecule has 6 atom stereocenters. The summed E-state index contributed by atoms with van der Waals surface area (Å²) in [6, 6.07) is 0.436. The van der Waals surface area contributed by atoms with Gasteiger partial charge in [0.15, 0.2) is 9.84 Å². The fraction of sp³-hybridized carbons (Fsp3) is 0.556. The highest BCUT2D eigenvalue weighted by atomic mass is 32.2. The van der Waals surface area contributed by atoms with Gasteiger partial charge in [0.1, 0.15) is 40.7 Å². The summed E-state index contributed by atoms with van der Waals surface area (Å²) in [6.45, 7) is 4.00. The number of ether oxygens (including phenoxy) is 4. The number of azide groups is 1. The zero-order valence-electron chi connectivity index (χ0n) is 25.8. The van der Waals surface area contributed by atoms with Gasteiger partial charge >= 0.3 is 18.1 Å². The molecule has 0 radical (unpaired) electrons. The molecular weight excluding hydrogens is 680 g/mol. The van der Waals surface area contributed by atoms with Crippen molar-refractivity contribution in [1.29, 1.82) is 0 Å². The average Bonchev–Trinajstić information content (AvgIpc) is 3.33. The van der Waals surface area contributed by atoms with E-state index in [2.05, 4.69) is 24.8 Å². The summed E-state index contributed by atoms with van der Waals surface area (Å²) in [4.78, 5) is 80.5. The zero-order chi connectivity index (χ0) is 35.3. The van der Waals surface area contributed by atoms with Crippen LogP contribution in [0.1, 0.15) is 45.7 Å². The van der Waals surface area contributed by atoms with Gasteiger partial charge in [0.2, 0.25) is 31.3 Å². The van der Waals surface area contributed by atoms with Crippen molar-refractivity contribution < 1.29 is 61.2 Å². The second-order valence-electron chi connectivity index (χ2n) is 12.2. The molecule has 0 saturated carbocycles. The number of phenolic OH excluding ortho intramolecular Hbond substituents is 1. The van der Waals surface area contributed by atoms with Crippen molar-refractivity contribution in [3.05, 3.63) is 40.3 Å². The summed E-state index contributed by atoms with van der Waals surface area (Å²) < 4.78 is 42.0. The average molecular weight is 711 g/mol. The Kier molecular flexibility index (Phi) is 8.91. The number of phenols is 1. The van der Waals surface area contributed by atoms with Crippen molar-refractivity contribution in [2.75, 3.05) is 13.6 Å². The highest BCUT2D eigenvalue weighted by molar-refractivity contribution is 8.01. The number of hydrogen-bond donors (Lipinski definition) is 2. The van der Waals surface area contributed by atoms with Gasteiger partial charge in [-0.25, -0.2) is 22.8 Å². The molecule has 258 valence electrons. The van der Waals surface area contributed by atoms with Crippen molar-refractivity contribution in [2.45, 2.75) is 78.5 Å². The van der Waals surface area contributed by atoms with Crippen LogP contribution in [0.25, 0.3) is 10.4 Å². The van der Waals surface area contributed by atoms with Crippen LogP contribution in [0.15, 0.2) is 29.4 Å². The quantitative estimate of drug-likeness (QED) is 0.0841. The Morgan fingerprint density at radius 1 is 1.02 bits per heavy atom. The van der Waals surface area contributed by atoms with E-state index in [0.29, 0.717) is 0 Å². The summed E-state index contributed by atoms with van der Waals surface area (Å²) in [5.74, 6) is -4.00. The number of fused-ring (bicyclic) bond motifs is 2. The fourth-order valence-corrected chi connectivity index (χ4v) is 9.76. The minimum Gasteiger partial charge on any atom is -0.508 e. The summed E-state index contributed by atoms with van der Waals surface area (Å²) in [6.07, 6.45) is -1.64. The number of nitrogens with zero attached hydrogens (tertiary/aromatic N) is 5. The molecule has 4 aliphatic rings. The van der Waals surface area contributed by atoms with E-state index in [1.807, 2.05) is 0 Å². The lowest BCUT2D eigenvalue weighted by Crippen LogP contribution is -2.71. The first-order valence-corrected chi connectivity index (χ1v) is 16.7. The summed E-state index contributed by atoms with van der Waals surface area (Å²) >= 11 is 1.21. The number of nitrogens with one attached hydrogen (secondary N) is 1. The predicted octanol–water partition coefficient (Wildman–Crippen LogP) is 0.579. The molecule has 0 aliphatic carbocycles. The van der Waals surface area contributed by atoms with Gasteiger partial charge in [-0.05, 0) is 50.9 Å². The Hall–Kier alpha value is -4.75. The molecule has 0 bridgehead atoms. The molecule has 4 saturated heterocycles. The molecule has 1 aromatic carbocycles. The Balaban J connectivity index is 1.09. The molecule has 48 heavy (non-hydrogen) atoms. The standard InChI is InChI=1S/C27H30N6O13S2/c1-26(2)18(33-21(37)17(22(33)47-26)29-20(36)16(30-31-28)12-5-7-13(34)8-6-12)23(38)43-10-45-25(40)46-11-44-24(39)19-27(3,4)48(41,42)15-9-14(35)32(15)19/h5-8,15-19,22,34H,9-11H2,1-4H3,(H,29,36)/t15-,16?,17-,18+,19+,22-/m1/s1. The lowest BCUT2D eigenvalue weighted by molar-refractivity contribution is -0.173. The largest absolute Gasteiger partial charge is 0.514 e. The third-order valence-corrected chi connectivity index (χ3v) is 12.9. The summed E-state index contributed by atoms with van der Waals surface area (Å²) in [5.41, 5.74) is 9.23. The third-order valence-electron chi connectivity index (χ3n) is 8.54. The van der Waals surface area contributed by atoms with Crippen molar-refractivity contribution in [2.24, 2.45) is 5.11 Å². The lowest BCUT2D eigenvalue weighted by atomic mass is 9.95. The van der Waals surface area contributed by atoms with E-state index in [1.165, 1.54) is 54.8 Å². The van der Waals surface area contributed by atoms with Crippen molar-refractivity contribution in [1.82, 2.24) is 15.1 Å². The fourth-order valence-electron chi connectivity index (χ4n) is 6.02. The van der Waals surface area contributed by atoms with Crippen molar-refractivity contribution in [3.8, 4) is 5.75 Å². The van der Waals surface area contributed by atoms with Crippen LogP contribution >= 0.6 is 11.8 Å². The molecular formula is C27H30N6O13S2. The van der Waals surface area contributed by atoms with Gasteiger partial charge in [0, 0.05) is 9.66 Å². The van der Waals surface area contributed by atoms with Crippen LogP contribution in [-0.2, 0) is 52.8 Å². The number of amides is 3. The molecule has 2 N–H and O–H groups in total. The minimum absolute atomic E-state index is 0.0663. The number of thioether (sulfide) groups is 1. The molecule has 3 amide bonds. The molecule has 1 unspecified atom stereocenters. The molecule has 4 heterocycles. The van der Waals surface area contributed by atoms with Gasteiger partial charge in [-0.1, -0.05) is 17.2 Å². The predicted molar refractivity (Wildman–Crippen MR) is 160 cm³/mol. The third kappa shape index (κ3) is 5.70. The van der Waals surface area contributed by atoms with E-state index in [9.17, 15) is 42.3 Å². The summed E-state index contributed by atoms with van der Waals surface area (Å²) in [7, 11) is -3.85. The maximum atomic E-state index is 13.1. The molecule has 4 aliphatic heterocycles. The van der Waals surface area contributed by atoms with Crippen LogP contribution < -0.4 is 5.32 Å². The molecule has 0 spiro atoms. The second-order valence-corrected chi connectivity index (χ2v) is 16.6. The van der Waals surface area contributed by atoms with E-state index >= 15 is 0 Å². The van der Waals surface area contributed by atoms with E-state index in [4.69, 9.17) is 15.0 Å². The normalized spacial score (nSPS) is 27.5. The van der Waals surface area contributed by atoms with Crippen LogP contribution in [0, 0.1) is 0 Å². The van der Waals surface area contributed by atoms with Crippen LogP contribution in [0.5, 0.6) is 5.75 Å². The van der Waals surface area contributed by atoms with Gasteiger partial charge in [-0.3, -0.25) is 14.4 Å². The summed E-state index contributed by atoms with van der Waals surface area (Å²) in [5, 5.41) is 13.8. The van der Waals surface area contributed by atoms with Crippen LogP contribution in [0.2, 0.25) is 0 Å². The maximum absolute atomic E-state index is 13.1. The van der Waals surface area contributed by atoms with Crippen LogP contribution in [0.4, 0.5) is 4.79 Å². The topological polar surface area (TPSA) is 261 Å². The number of benzene rings is 1. The smallest absolute Gasteiger partial charge is 0.508 e. The van der Waals surface area contributed by atoms with E-state index in [-0.39, 0.29) is 17.7 Å². The Morgan fingerprint density at radius 3 is 2.17 bits per heavy atom. The highest BCUT2D eigenvalue weighted by Gasteiger charge is 2.68. The Morgan fingerprint density at radius 2 is 1.60 bits per heavy atom. The van der Waals surface area contributed by atoms with Crippen molar-refractivity contribution >= 4 is 57.4 Å². The van der Waals surface area contributed by atoms with Crippen LogP contribution in [-0.4, -0.2) is 111 Å². The number of rotatable bonds is 10. The zero-order valence-corrected chi connectivity index (χ0v) is 27.4. The van der Waals surface area contributed by atoms with Gasteiger partial charge in [0.25, 0.3) is 0 Å². The molecule has 4 fully saturated rings. The number of β-lactam (4-membered cyclic amide) rings is 2. The van der Waals surface area contributed by atoms with Gasteiger partial charge in [-0.15, -0.1) is 11.8 Å². The number of esters is 2. The molecule has 0 aromatic heterocycles. The minimum atomic E-state index is -3.85. The molecule has 21 heteroatoms. The molecule has 19 nitrogen and oxygen atoms in total. The van der Waals surface area contributed by atoms with E-state index < -0.39 is 104 Å². The number of aromatic hydroxyl groups is 1. The Labute approximate surface area is 276 Å². The Bertz CT molecular complexity index is 1730. The van der Waals surface area contributed by atoms with Crippen LogP contribution in [0.3, 0.4) is 0 Å². The molecule has 1 aromatic rings. The first kappa shape index (κ1) is 34.6. The number of carbonyl (C=O) groups excluding carboxylic acids is 6. The van der Waals surface area contributed by atoms with Gasteiger partial charge in [0.05, 0.1) is 11.2 Å².